The first kappa shape index (κ1) is 15.3. The molecule has 2 rings (SSSR count). The van der Waals surface area contributed by atoms with Crippen LogP contribution in [0.2, 0.25) is 5.02 Å². The molecule has 21 heavy (non-hydrogen) atoms. The van der Waals surface area contributed by atoms with Gasteiger partial charge in [0.1, 0.15) is 17.2 Å². The normalized spacial score (nSPS) is 10.4. The lowest BCUT2D eigenvalue weighted by molar-refractivity contribution is 0.0698. The van der Waals surface area contributed by atoms with Gasteiger partial charge in [-0.05, 0) is 36.2 Å². The molecule has 0 amide bonds. The van der Waals surface area contributed by atoms with E-state index in [1.54, 1.807) is 12.1 Å². The Morgan fingerprint density at radius 1 is 1.19 bits per heavy atom. The lowest BCUT2D eigenvalue weighted by Gasteiger charge is -2.11. The Kier molecular flexibility index (Phi) is 4.75. The van der Waals surface area contributed by atoms with Gasteiger partial charge < -0.3 is 10.4 Å². The third kappa shape index (κ3) is 3.92. The van der Waals surface area contributed by atoms with Crippen molar-refractivity contribution in [2.24, 2.45) is 0 Å². The Labute approximate surface area is 125 Å². The van der Waals surface area contributed by atoms with E-state index in [0.717, 1.165) is 6.07 Å². The molecule has 2 aromatic rings. The van der Waals surface area contributed by atoms with Crippen molar-refractivity contribution in [3.63, 3.8) is 0 Å². The molecule has 0 atom stereocenters. The molecule has 2 N–H and O–H groups in total. The summed E-state index contributed by atoms with van der Waals surface area (Å²) in [6.07, 6.45) is 0.347. The fraction of sp³-hybridized carbons (Fsp3) is 0.133. The summed E-state index contributed by atoms with van der Waals surface area (Å²) in [5, 5.41) is 12.2. The number of carboxylic acid groups (broad SMARTS) is 1. The molecule has 0 fully saturated rings. The van der Waals surface area contributed by atoms with Crippen LogP contribution in [-0.2, 0) is 6.42 Å². The monoisotopic (exact) mass is 311 g/mol. The minimum Gasteiger partial charge on any atom is -0.478 e. The van der Waals surface area contributed by atoms with E-state index in [-0.39, 0.29) is 10.6 Å². The third-order valence-corrected chi connectivity index (χ3v) is 3.19. The summed E-state index contributed by atoms with van der Waals surface area (Å²) in [6, 6.07) is 7.97. The fourth-order valence-electron chi connectivity index (χ4n) is 1.99. The average molecular weight is 312 g/mol. The zero-order valence-electron chi connectivity index (χ0n) is 10.9. The number of aromatic carboxylic acids is 1. The molecule has 0 saturated carbocycles. The zero-order valence-corrected chi connectivity index (χ0v) is 11.6. The van der Waals surface area contributed by atoms with E-state index in [2.05, 4.69) is 5.32 Å². The van der Waals surface area contributed by atoms with Crippen molar-refractivity contribution in [2.75, 3.05) is 11.9 Å². The number of hydrogen-bond acceptors (Lipinski definition) is 2. The SMILES string of the molecule is O=C(O)c1c(Cl)cccc1NCCc1cc(F)cc(F)c1. The van der Waals surface area contributed by atoms with Crippen molar-refractivity contribution < 1.29 is 18.7 Å². The standard InChI is InChI=1S/C15H12ClF2NO2/c16-12-2-1-3-13(14(12)15(20)21)19-5-4-9-6-10(17)8-11(18)7-9/h1-3,6-8,19H,4-5H2,(H,20,21). The zero-order chi connectivity index (χ0) is 15.4. The van der Waals surface area contributed by atoms with E-state index in [0.29, 0.717) is 24.2 Å². The molecule has 0 aromatic heterocycles. The molecule has 0 unspecified atom stereocenters. The van der Waals surface area contributed by atoms with Gasteiger partial charge in [0, 0.05) is 12.6 Å². The van der Waals surface area contributed by atoms with Gasteiger partial charge >= 0.3 is 5.97 Å². The van der Waals surface area contributed by atoms with Crippen molar-refractivity contribution in [1.82, 2.24) is 0 Å². The molecule has 0 radical (unpaired) electrons. The van der Waals surface area contributed by atoms with Crippen molar-refractivity contribution in [1.29, 1.82) is 0 Å². The van der Waals surface area contributed by atoms with Crippen LogP contribution in [0.15, 0.2) is 36.4 Å². The van der Waals surface area contributed by atoms with Crippen LogP contribution in [-0.4, -0.2) is 17.6 Å². The van der Waals surface area contributed by atoms with E-state index in [1.165, 1.54) is 18.2 Å². The number of benzene rings is 2. The molecule has 0 aliphatic carbocycles. The summed E-state index contributed by atoms with van der Waals surface area (Å²) >= 11 is 5.84. The Bertz CT molecular complexity index is 656. The lowest BCUT2D eigenvalue weighted by atomic mass is 10.1. The summed E-state index contributed by atoms with van der Waals surface area (Å²) in [4.78, 5) is 11.1. The first-order valence-corrected chi connectivity index (χ1v) is 6.56. The van der Waals surface area contributed by atoms with E-state index >= 15 is 0 Å². The van der Waals surface area contributed by atoms with Crippen molar-refractivity contribution in [3.8, 4) is 0 Å². The van der Waals surface area contributed by atoms with Crippen LogP contribution in [0.1, 0.15) is 15.9 Å². The molecule has 6 heteroatoms. The summed E-state index contributed by atoms with van der Waals surface area (Å²) in [6.45, 7) is 0.323. The molecule has 2 aromatic carbocycles. The van der Waals surface area contributed by atoms with E-state index in [9.17, 15) is 13.6 Å². The molecule has 3 nitrogen and oxygen atoms in total. The van der Waals surface area contributed by atoms with Gasteiger partial charge in [-0.15, -0.1) is 0 Å². The smallest absolute Gasteiger partial charge is 0.339 e. The maximum atomic E-state index is 13.0. The molecule has 0 bridgehead atoms. The van der Waals surface area contributed by atoms with Crippen LogP contribution in [0, 0.1) is 11.6 Å². The number of halogens is 3. The fourth-order valence-corrected chi connectivity index (χ4v) is 2.24. The molecule has 0 heterocycles. The van der Waals surface area contributed by atoms with Crippen molar-refractivity contribution in [2.45, 2.75) is 6.42 Å². The van der Waals surface area contributed by atoms with Gasteiger partial charge in [0.2, 0.25) is 0 Å². The number of carbonyl (C=O) groups is 1. The minimum atomic E-state index is -1.14. The van der Waals surface area contributed by atoms with Crippen LogP contribution in [0.25, 0.3) is 0 Å². The lowest BCUT2D eigenvalue weighted by Crippen LogP contribution is -2.10. The second-order valence-electron chi connectivity index (χ2n) is 4.42. The topological polar surface area (TPSA) is 49.3 Å². The summed E-state index contributed by atoms with van der Waals surface area (Å²) < 4.78 is 26.1. The van der Waals surface area contributed by atoms with Gasteiger partial charge in [0.05, 0.1) is 10.7 Å². The van der Waals surface area contributed by atoms with E-state index in [4.69, 9.17) is 16.7 Å². The van der Waals surface area contributed by atoms with Crippen LogP contribution in [0.5, 0.6) is 0 Å². The second kappa shape index (κ2) is 6.54. The highest BCUT2D eigenvalue weighted by Gasteiger charge is 2.13. The molecular weight excluding hydrogens is 300 g/mol. The Morgan fingerprint density at radius 2 is 1.86 bits per heavy atom. The molecule has 0 saturated heterocycles. The maximum Gasteiger partial charge on any atom is 0.339 e. The van der Waals surface area contributed by atoms with Crippen LogP contribution in [0.4, 0.5) is 14.5 Å². The summed E-state index contributed by atoms with van der Waals surface area (Å²) in [5.41, 5.74) is 0.829. The number of hydrogen-bond donors (Lipinski definition) is 2. The predicted molar refractivity (Wildman–Crippen MR) is 77.0 cm³/mol. The van der Waals surface area contributed by atoms with Gasteiger partial charge in [0.15, 0.2) is 0 Å². The maximum absolute atomic E-state index is 13.0. The largest absolute Gasteiger partial charge is 0.478 e. The number of nitrogens with one attached hydrogen (secondary N) is 1. The van der Waals surface area contributed by atoms with Gasteiger partial charge in [-0.2, -0.15) is 0 Å². The van der Waals surface area contributed by atoms with Gasteiger partial charge in [-0.3, -0.25) is 0 Å². The second-order valence-corrected chi connectivity index (χ2v) is 4.83. The van der Waals surface area contributed by atoms with E-state index < -0.39 is 17.6 Å². The Morgan fingerprint density at radius 3 is 2.48 bits per heavy atom. The van der Waals surface area contributed by atoms with Gasteiger partial charge in [-0.1, -0.05) is 17.7 Å². The van der Waals surface area contributed by atoms with Crippen molar-refractivity contribution in [3.05, 3.63) is 64.2 Å². The average Bonchev–Trinajstić information content (AvgIpc) is 2.37. The molecule has 0 aliphatic rings. The van der Waals surface area contributed by atoms with Gasteiger partial charge in [-0.25, -0.2) is 13.6 Å². The van der Waals surface area contributed by atoms with E-state index in [1.807, 2.05) is 0 Å². The van der Waals surface area contributed by atoms with Gasteiger partial charge in [0.25, 0.3) is 0 Å². The summed E-state index contributed by atoms with van der Waals surface area (Å²) in [5.74, 6) is -2.42. The van der Waals surface area contributed by atoms with Crippen LogP contribution < -0.4 is 5.32 Å². The third-order valence-electron chi connectivity index (χ3n) is 2.88. The van der Waals surface area contributed by atoms with Crippen LogP contribution in [0.3, 0.4) is 0 Å². The van der Waals surface area contributed by atoms with Crippen molar-refractivity contribution >= 4 is 23.3 Å². The molecular formula is C15H12ClF2NO2. The number of carboxylic acids is 1. The molecule has 0 aliphatic heterocycles. The Balaban J connectivity index is 2.07. The van der Waals surface area contributed by atoms with Crippen LogP contribution >= 0.6 is 11.6 Å². The predicted octanol–water partition coefficient (Wildman–Crippen LogP) is 3.97. The summed E-state index contributed by atoms with van der Waals surface area (Å²) in [7, 11) is 0. The number of anilines is 1. The first-order chi connectivity index (χ1) is 9.97. The Hall–Kier alpha value is -2.14. The molecule has 110 valence electrons. The number of rotatable bonds is 5. The highest BCUT2D eigenvalue weighted by molar-refractivity contribution is 6.34. The highest BCUT2D eigenvalue weighted by atomic mass is 35.5. The quantitative estimate of drug-likeness (QED) is 0.878. The first-order valence-electron chi connectivity index (χ1n) is 6.18. The highest BCUT2D eigenvalue weighted by Crippen LogP contribution is 2.24. The molecule has 0 spiro atoms. The minimum absolute atomic E-state index is 0.0235.